The van der Waals surface area contributed by atoms with Crippen LogP contribution in [0, 0.1) is 0 Å². The van der Waals surface area contributed by atoms with Crippen LogP contribution in [0.15, 0.2) is 6.07 Å². The van der Waals surface area contributed by atoms with Crippen LogP contribution in [0.5, 0.6) is 0 Å². The molecule has 5 heteroatoms. The van der Waals surface area contributed by atoms with Gasteiger partial charge >= 0.3 is 6.09 Å². The van der Waals surface area contributed by atoms with E-state index in [-0.39, 0.29) is 6.09 Å². The number of carbonyl (C=O) groups is 1. The number of nitrogens with zero attached hydrogens (tertiary/aromatic N) is 3. The molecule has 1 aromatic rings. The fourth-order valence-electron chi connectivity index (χ4n) is 2.03. The number of fused-ring (bicyclic) bond motifs is 1. The number of ether oxygens (including phenoxy) is 1. The van der Waals surface area contributed by atoms with E-state index in [2.05, 4.69) is 12.0 Å². The van der Waals surface area contributed by atoms with Gasteiger partial charge in [-0.05, 0) is 27.2 Å². The van der Waals surface area contributed by atoms with Crippen LogP contribution in [0.2, 0.25) is 0 Å². The van der Waals surface area contributed by atoms with Gasteiger partial charge in [-0.15, -0.1) is 0 Å². The Labute approximate surface area is 108 Å². The second-order valence-electron chi connectivity index (χ2n) is 5.60. The summed E-state index contributed by atoms with van der Waals surface area (Å²) in [5.74, 6) is 0.854. The van der Waals surface area contributed by atoms with E-state index >= 15 is 0 Å². The third-order valence-corrected chi connectivity index (χ3v) is 2.74. The third-order valence-electron chi connectivity index (χ3n) is 2.74. The number of aromatic nitrogens is 2. The monoisotopic (exact) mass is 251 g/mol. The molecule has 18 heavy (non-hydrogen) atoms. The van der Waals surface area contributed by atoms with Crippen molar-refractivity contribution in [3.8, 4) is 0 Å². The summed E-state index contributed by atoms with van der Waals surface area (Å²) in [4.78, 5) is 13.7. The van der Waals surface area contributed by atoms with Crippen molar-refractivity contribution in [2.75, 3.05) is 11.4 Å². The van der Waals surface area contributed by atoms with Crippen LogP contribution in [-0.2, 0) is 17.7 Å². The van der Waals surface area contributed by atoms with Crippen molar-refractivity contribution in [2.24, 2.45) is 0 Å². The van der Waals surface area contributed by atoms with Crippen molar-refractivity contribution in [3.63, 3.8) is 0 Å². The SMILES string of the molecule is CCCc1cc2n(n1)CCN2C(=O)OC(C)(C)C. The maximum Gasteiger partial charge on any atom is 0.416 e. The molecule has 0 spiro atoms. The van der Waals surface area contributed by atoms with Crippen LogP contribution >= 0.6 is 0 Å². The standard InChI is InChI=1S/C13H21N3O2/c1-5-6-10-9-11-15(7-8-16(11)14-10)12(17)18-13(2,3)4/h9H,5-8H2,1-4H3. The van der Waals surface area contributed by atoms with Gasteiger partial charge in [0.15, 0.2) is 0 Å². The number of aryl methyl sites for hydroxylation is 1. The van der Waals surface area contributed by atoms with Gasteiger partial charge in [0.1, 0.15) is 11.4 Å². The van der Waals surface area contributed by atoms with Crippen molar-refractivity contribution >= 4 is 11.9 Å². The van der Waals surface area contributed by atoms with Gasteiger partial charge in [-0.2, -0.15) is 5.10 Å². The molecular formula is C13H21N3O2. The highest BCUT2D eigenvalue weighted by atomic mass is 16.6. The average molecular weight is 251 g/mol. The zero-order valence-corrected chi connectivity index (χ0v) is 11.6. The van der Waals surface area contributed by atoms with Gasteiger partial charge < -0.3 is 4.74 Å². The van der Waals surface area contributed by atoms with Gasteiger partial charge in [0.25, 0.3) is 0 Å². The summed E-state index contributed by atoms with van der Waals surface area (Å²) in [6, 6.07) is 1.99. The van der Waals surface area contributed by atoms with Crippen LogP contribution in [0.25, 0.3) is 0 Å². The second kappa shape index (κ2) is 4.63. The molecule has 100 valence electrons. The van der Waals surface area contributed by atoms with Crippen molar-refractivity contribution in [1.82, 2.24) is 9.78 Å². The number of anilines is 1. The zero-order valence-electron chi connectivity index (χ0n) is 11.6. The minimum atomic E-state index is -0.462. The van der Waals surface area contributed by atoms with Crippen molar-refractivity contribution < 1.29 is 9.53 Å². The minimum Gasteiger partial charge on any atom is -0.443 e. The molecule has 1 aliphatic rings. The number of carbonyl (C=O) groups excluding carboxylic acids is 1. The Kier molecular flexibility index (Phi) is 3.32. The fourth-order valence-corrected chi connectivity index (χ4v) is 2.03. The molecule has 1 aromatic heterocycles. The Hall–Kier alpha value is -1.52. The topological polar surface area (TPSA) is 47.4 Å². The van der Waals surface area contributed by atoms with Gasteiger partial charge in [-0.1, -0.05) is 13.3 Å². The first-order chi connectivity index (χ1) is 8.40. The fraction of sp³-hybridized carbons (Fsp3) is 0.692. The lowest BCUT2D eigenvalue weighted by Gasteiger charge is -2.23. The lowest BCUT2D eigenvalue weighted by molar-refractivity contribution is 0.0584. The molecule has 2 heterocycles. The lowest BCUT2D eigenvalue weighted by Crippen LogP contribution is -2.35. The summed E-state index contributed by atoms with van der Waals surface area (Å²) in [5.41, 5.74) is 0.581. The van der Waals surface area contributed by atoms with Crippen LogP contribution < -0.4 is 4.90 Å². The van der Waals surface area contributed by atoms with E-state index < -0.39 is 5.60 Å². The van der Waals surface area contributed by atoms with E-state index in [1.54, 1.807) is 4.90 Å². The number of amides is 1. The number of rotatable bonds is 2. The quantitative estimate of drug-likeness (QED) is 0.811. The van der Waals surface area contributed by atoms with Crippen LogP contribution in [-0.4, -0.2) is 28.0 Å². The second-order valence-corrected chi connectivity index (χ2v) is 5.60. The van der Waals surface area contributed by atoms with E-state index in [9.17, 15) is 4.79 Å². The molecular weight excluding hydrogens is 230 g/mol. The average Bonchev–Trinajstić information content (AvgIpc) is 2.73. The molecule has 0 unspecified atom stereocenters. The predicted octanol–water partition coefficient (Wildman–Crippen LogP) is 2.59. The smallest absolute Gasteiger partial charge is 0.416 e. The molecule has 2 rings (SSSR count). The molecule has 5 nitrogen and oxygen atoms in total. The van der Waals surface area contributed by atoms with Crippen molar-refractivity contribution in [2.45, 2.75) is 52.7 Å². The highest BCUT2D eigenvalue weighted by Gasteiger charge is 2.30. The van der Waals surface area contributed by atoms with Crippen molar-refractivity contribution in [3.05, 3.63) is 11.8 Å². The highest BCUT2D eigenvalue weighted by Crippen LogP contribution is 2.24. The van der Waals surface area contributed by atoms with Crippen LogP contribution in [0.3, 0.4) is 0 Å². The summed E-state index contributed by atoms with van der Waals surface area (Å²) in [5, 5.41) is 4.48. The van der Waals surface area contributed by atoms with E-state index in [1.807, 2.05) is 31.5 Å². The normalized spacial score (nSPS) is 14.8. The molecule has 0 N–H and O–H groups in total. The molecule has 1 aliphatic heterocycles. The Morgan fingerprint density at radius 1 is 1.44 bits per heavy atom. The summed E-state index contributed by atoms with van der Waals surface area (Å²) < 4.78 is 7.28. The summed E-state index contributed by atoms with van der Waals surface area (Å²) in [6.07, 6.45) is 1.72. The first kappa shape index (κ1) is 12.9. The third kappa shape index (κ3) is 2.66. The van der Waals surface area contributed by atoms with Gasteiger partial charge in [0.2, 0.25) is 0 Å². The van der Waals surface area contributed by atoms with E-state index in [1.165, 1.54) is 0 Å². The predicted molar refractivity (Wildman–Crippen MR) is 69.8 cm³/mol. The maximum atomic E-state index is 12.1. The Bertz CT molecular complexity index is 446. The van der Waals surface area contributed by atoms with E-state index in [4.69, 9.17) is 4.74 Å². The molecule has 0 aliphatic carbocycles. The molecule has 1 amide bonds. The molecule has 0 radical (unpaired) electrons. The van der Waals surface area contributed by atoms with Crippen LogP contribution in [0.1, 0.15) is 39.8 Å². The Morgan fingerprint density at radius 3 is 2.78 bits per heavy atom. The van der Waals surface area contributed by atoms with Gasteiger partial charge in [0, 0.05) is 6.07 Å². The summed E-state index contributed by atoms with van der Waals surface area (Å²) in [6.45, 7) is 9.14. The molecule has 0 aromatic carbocycles. The van der Waals surface area contributed by atoms with Gasteiger partial charge in [0.05, 0.1) is 18.8 Å². The molecule has 0 saturated heterocycles. The van der Waals surface area contributed by atoms with E-state index in [0.29, 0.717) is 6.54 Å². The number of hydrogen-bond donors (Lipinski definition) is 0. The van der Waals surface area contributed by atoms with E-state index in [0.717, 1.165) is 30.9 Å². The molecule has 0 atom stereocenters. The Morgan fingerprint density at radius 2 is 2.17 bits per heavy atom. The summed E-state index contributed by atoms with van der Waals surface area (Å²) in [7, 11) is 0. The van der Waals surface area contributed by atoms with Crippen molar-refractivity contribution in [1.29, 1.82) is 0 Å². The molecule has 0 fully saturated rings. The minimum absolute atomic E-state index is 0.288. The first-order valence-electron chi connectivity index (χ1n) is 6.48. The Balaban J connectivity index is 2.13. The molecule has 0 saturated carbocycles. The maximum absolute atomic E-state index is 12.1. The lowest BCUT2D eigenvalue weighted by atomic mass is 10.2. The molecule has 0 bridgehead atoms. The number of hydrogen-bond acceptors (Lipinski definition) is 3. The highest BCUT2D eigenvalue weighted by molar-refractivity contribution is 5.87. The van der Waals surface area contributed by atoms with Gasteiger partial charge in [-0.25, -0.2) is 9.48 Å². The first-order valence-corrected chi connectivity index (χ1v) is 6.48. The van der Waals surface area contributed by atoms with Gasteiger partial charge in [-0.3, -0.25) is 4.90 Å². The van der Waals surface area contributed by atoms with Crippen LogP contribution in [0.4, 0.5) is 10.6 Å². The summed E-state index contributed by atoms with van der Waals surface area (Å²) >= 11 is 0. The zero-order chi connectivity index (χ0) is 13.3. The largest absolute Gasteiger partial charge is 0.443 e.